The number of carbonyl (C=O) groups is 1. The molecular formula is C13H18O5. The monoisotopic (exact) mass is 254 g/mol. The molecule has 5 nitrogen and oxygen atoms in total. The van der Waals surface area contributed by atoms with E-state index >= 15 is 0 Å². The van der Waals surface area contributed by atoms with E-state index < -0.39 is 18.2 Å². The van der Waals surface area contributed by atoms with Crippen LogP contribution in [0, 0.1) is 6.92 Å². The summed E-state index contributed by atoms with van der Waals surface area (Å²) >= 11 is 0. The van der Waals surface area contributed by atoms with E-state index in [0.29, 0.717) is 11.3 Å². The summed E-state index contributed by atoms with van der Waals surface area (Å²) in [5.74, 6) is -0.186. The van der Waals surface area contributed by atoms with Crippen LogP contribution in [0.3, 0.4) is 0 Å². The van der Waals surface area contributed by atoms with Gasteiger partial charge in [0.05, 0.1) is 13.7 Å². The lowest BCUT2D eigenvalue weighted by Crippen LogP contribution is -2.30. The molecule has 1 rings (SSSR count). The SMILES string of the molecule is CCOC(=O)C(O)C(O)c1ccc(OC)cc1C. The molecule has 0 amide bonds. The lowest BCUT2D eigenvalue weighted by molar-refractivity contribution is -0.159. The van der Waals surface area contributed by atoms with Crippen molar-refractivity contribution >= 4 is 5.97 Å². The first-order valence-corrected chi connectivity index (χ1v) is 5.68. The molecule has 0 aliphatic heterocycles. The predicted octanol–water partition coefficient (Wildman–Crippen LogP) is 0.961. The quantitative estimate of drug-likeness (QED) is 0.765. The van der Waals surface area contributed by atoms with Gasteiger partial charge in [0.1, 0.15) is 11.9 Å². The van der Waals surface area contributed by atoms with Crippen LogP contribution in [-0.2, 0) is 9.53 Å². The van der Waals surface area contributed by atoms with Gasteiger partial charge in [-0.05, 0) is 37.1 Å². The minimum atomic E-state index is -1.59. The number of esters is 1. The van der Waals surface area contributed by atoms with Crippen molar-refractivity contribution in [3.8, 4) is 5.75 Å². The van der Waals surface area contributed by atoms with Gasteiger partial charge in [0.15, 0.2) is 6.10 Å². The molecule has 2 atom stereocenters. The van der Waals surface area contributed by atoms with E-state index in [1.54, 1.807) is 39.2 Å². The Morgan fingerprint density at radius 1 is 1.39 bits per heavy atom. The molecule has 0 aliphatic carbocycles. The molecule has 18 heavy (non-hydrogen) atoms. The summed E-state index contributed by atoms with van der Waals surface area (Å²) in [6, 6.07) is 4.99. The second-order valence-corrected chi connectivity index (χ2v) is 3.86. The molecule has 0 bridgehead atoms. The van der Waals surface area contributed by atoms with Gasteiger partial charge in [0.2, 0.25) is 0 Å². The standard InChI is InChI=1S/C13H18O5/c1-4-18-13(16)12(15)11(14)10-6-5-9(17-3)7-8(10)2/h5-7,11-12,14-15H,4H2,1-3H3. The van der Waals surface area contributed by atoms with E-state index in [-0.39, 0.29) is 6.61 Å². The Hall–Kier alpha value is -1.59. The fourth-order valence-corrected chi connectivity index (χ4v) is 1.63. The highest BCUT2D eigenvalue weighted by molar-refractivity contribution is 5.75. The maximum atomic E-state index is 11.3. The summed E-state index contributed by atoms with van der Waals surface area (Å²) in [5.41, 5.74) is 1.20. The van der Waals surface area contributed by atoms with Crippen molar-refractivity contribution in [3.63, 3.8) is 0 Å². The molecule has 0 saturated carbocycles. The van der Waals surface area contributed by atoms with E-state index in [9.17, 15) is 15.0 Å². The third-order valence-electron chi connectivity index (χ3n) is 2.62. The number of benzene rings is 1. The van der Waals surface area contributed by atoms with Gasteiger partial charge in [-0.15, -0.1) is 0 Å². The van der Waals surface area contributed by atoms with Crippen molar-refractivity contribution in [2.24, 2.45) is 0 Å². The number of ether oxygens (including phenoxy) is 2. The van der Waals surface area contributed by atoms with Gasteiger partial charge in [-0.2, -0.15) is 0 Å². The predicted molar refractivity (Wildman–Crippen MR) is 65.3 cm³/mol. The number of carbonyl (C=O) groups excluding carboxylic acids is 1. The Morgan fingerprint density at radius 2 is 2.06 bits per heavy atom. The number of aryl methyl sites for hydroxylation is 1. The summed E-state index contributed by atoms with van der Waals surface area (Å²) in [5, 5.41) is 19.6. The molecule has 0 spiro atoms. The van der Waals surface area contributed by atoms with Crippen molar-refractivity contribution in [2.75, 3.05) is 13.7 Å². The van der Waals surface area contributed by atoms with Crippen LogP contribution >= 0.6 is 0 Å². The third-order valence-corrected chi connectivity index (χ3v) is 2.62. The van der Waals surface area contributed by atoms with Crippen molar-refractivity contribution in [1.82, 2.24) is 0 Å². The molecule has 5 heteroatoms. The van der Waals surface area contributed by atoms with Gasteiger partial charge in [-0.25, -0.2) is 4.79 Å². The Labute approximate surface area is 106 Å². The first kappa shape index (κ1) is 14.5. The number of aliphatic hydroxyl groups excluding tert-OH is 2. The third kappa shape index (κ3) is 3.21. The highest BCUT2D eigenvalue weighted by Gasteiger charge is 2.27. The molecule has 0 fully saturated rings. The van der Waals surface area contributed by atoms with Crippen LogP contribution in [0.15, 0.2) is 18.2 Å². The van der Waals surface area contributed by atoms with Crippen LogP contribution in [0.25, 0.3) is 0 Å². The van der Waals surface area contributed by atoms with Gasteiger partial charge in [-0.1, -0.05) is 6.07 Å². The fourth-order valence-electron chi connectivity index (χ4n) is 1.63. The maximum Gasteiger partial charge on any atom is 0.338 e. The molecule has 100 valence electrons. The number of aliphatic hydroxyl groups is 2. The second-order valence-electron chi connectivity index (χ2n) is 3.86. The Kier molecular flexibility index (Phi) is 5.12. The van der Waals surface area contributed by atoms with Crippen LogP contribution in [-0.4, -0.2) is 36.0 Å². The van der Waals surface area contributed by atoms with Crippen molar-refractivity contribution < 1.29 is 24.5 Å². The summed E-state index contributed by atoms with van der Waals surface area (Å²) in [6.45, 7) is 3.55. The van der Waals surface area contributed by atoms with Gasteiger partial charge < -0.3 is 19.7 Å². The summed E-state index contributed by atoms with van der Waals surface area (Å²) in [7, 11) is 1.54. The van der Waals surface area contributed by atoms with Gasteiger partial charge >= 0.3 is 5.97 Å². The van der Waals surface area contributed by atoms with E-state index in [0.717, 1.165) is 5.56 Å². The molecule has 0 saturated heterocycles. The average Bonchev–Trinajstić information content (AvgIpc) is 2.37. The number of hydrogen-bond acceptors (Lipinski definition) is 5. The fraction of sp³-hybridized carbons (Fsp3) is 0.462. The number of methoxy groups -OCH3 is 1. The van der Waals surface area contributed by atoms with E-state index in [1.807, 2.05) is 0 Å². The van der Waals surface area contributed by atoms with Gasteiger partial charge in [0.25, 0.3) is 0 Å². The lowest BCUT2D eigenvalue weighted by Gasteiger charge is -2.18. The molecule has 2 unspecified atom stereocenters. The second kappa shape index (κ2) is 6.37. The van der Waals surface area contributed by atoms with Crippen molar-refractivity contribution in [2.45, 2.75) is 26.1 Å². The van der Waals surface area contributed by atoms with Crippen LogP contribution in [0.4, 0.5) is 0 Å². The largest absolute Gasteiger partial charge is 0.497 e. The number of rotatable bonds is 5. The Bertz CT molecular complexity index is 416. The van der Waals surface area contributed by atoms with Crippen molar-refractivity contribution in [1.29, 1.82) is 0 Å². The molecule has 2 N–H and O–H groups in total. The van der Waals surface area contributed by atoms with E-state index in [1.165, 1.54) is 0 Å². The van der Waals surface area contributed by atoms with E-state index in [4.69, 9.17) is 4.74 Å². The molecular weight excluding hydrogens is 236 g/mol. The maximum absolute atomic E-state index is 11.3. The zero-order valence-corrected chi connectivity index (χ0v) is 10.7. The zero-order chi connectivity index (χ0) is 13.7. The molecule has 1 aromatic rings. The Balaban J connectivity index is 2.89. The van der Waals surface area contributed by atoms with Crippen LogP contribution < -0.4 is 4.74 Å². The summed E-state index contributed by atoms with van der Waals surface area (Å²) in [4.78, 5) is 11.3. The molecule has 1 aromatic carbocycles. The molecule has 0 radical (unpaired) electrons. The first-order chi connectivity index (χ1) is 8.51. The van der Waals surface area contributed by atoms with Crippen molar-refractivity contribution in [3.05, 3.63) is 29.3 Å². The topological polar surface area (TPSA) is 76.0 Å². The minimum absolute atomic E-state index is 0.157. The minimum Gasteiger partial charge on any atom is -0.497 e. The lowest BCUT2D eigenvalue weighted by atomic mass is 9.99. The van der Waals surface area contributed by atoms with E-state index in [2.05, 4.69) is 4.74 Å². The Morgan fingerprint density at radius 3 is 2.56 bits per heavy atom. The summed E-state index contributed by atoms with van der Waals surface area (Å²) < 4.78 is 9.70. The van der Waals surface area contributed by atoms with Gasteiger partial charge in [-0.3, -0.25) is 0 Å². The molecule has 0 aromatic heterocycles. The van der Waals surface area contributed by atoms with Gasteiger partial charge in [0, 0.05) is 0 Å². The first-order valence-electron chi connectivity index (χ1n) is 5.68. The normalized spacial score (nSPS) is 13.8. The number of hydrogen-bond donors (Lipinski definition) is 2. The van der Waals surface area contributed by atoms with Crippen LogP contribution in [0.5, 0.6) is 5.75 Å². The highest BCUT2D eigenvalue weighted by atomic mass is 16.5. The van der Waals surface area contributed by atoms with Crippen LogP contribution in [0.1, 0.15) is 24.2 Å². The average molecular weight is 254 g/mol. The smallest absolute Gasteiger partial charge is 0.338 e. The summed E-state index contributed by atoms with van der Waals surface area (Å²) in [6.07, 6.45) is -2.90. The molecule has 0 aliphatic rings. The highest BCUT2D eigenvalue weighted by Crippen LogP contribution is 2.25. The zero-order valence-electron chi connectivity index (χ0n) is 10.7. The molecule has 0 heterocycles. The van der Waals surface area contributed by atoms with Crippen LogP contribution in [0.2, 0.25) is 0 Å².